The Bertz CT molecular complexity index is 483. The number of benzene rings is 1. The van der Waals surface area contributed by atoms with Gasteiger partial charge in [-0.05, 0) is 0 Å². The minimum Gasteiger partial charge on any atom is -0.203 e. The Morgan fingerprint density at radius 2 is 1.00 bits per heavy atom. The molecule has 0 atom stereocenters. The van der Waals surface area contributed by atoms with E-state index < -0.39 is 40.6 Å². The van der Waals surface area contributed by atoms with E-state index in [4.69, 9.17) is 10.5 Å². The molecule has 0 aliphatic carbocycles. The number of halogens is 5. The summed E-state index contributed by atoms with van der Waals surface area (Å²) in [7, 11) is 0. The Morgan fingerprint density at radius 3 is 1.31 bits per heavy atom. The number of hydrogen-bond acceptors (Lipinski definition) is 2. The number of hydrogen-bond donors (Lipinski definition) is 0. The lowest BCUT2D eigenvalue weighted by molar-refractivity contribution is 0.370. The highest BCUT2D eigenvalue weighted by Gasteiger charge is 2.30. The van der Waals surface area contributed by atoms with Gasteiger partial charge < -0.3 is 0 Å². The van der Waals surface area contributed by atoms with Crippen molar-refractivity contribution in [3.8, 4) is 12.1 Å². The van der Waals surface area contributed by atoms with Crippen LogP contribution in [0.3, 0.4) is 0 Å². The first kappa shape index (κ1) is 11.9. The van der Waals surface area contributed by atoms with Crippen molar-refractivity contribution in [1.29, 1.82) is 10.5 Å². The first-order chi connectivity index (χ1) is 7.45. The molecule has 16 heavy (non-hydrogen) atoms. The molecule has 0 aliphatic rings. The van der Waals surface area contributed by atoms with Crippen LogP contribution in [-0.2, 0) is 0 Å². The lowest BCUT2D eigenvalue weighted by Crippen LogP contribution is -2.09. The smallest absolute Gasteiger partial charge is 0.200 e. The molecule has 1 aromatic carbocycles. The Kier molecular flexibility index (Phi) is 3.09. The van der Waals surface area contributed by atoms with Crippen LogP contribution >= 0.6 is 0 Å². The summed E-state index contributed by atoms with van der Waals surface area (Å²) in [6.07, 6.45) is 0. The van der Waals surface area contributed by atoms with E-state index in [9.17, 15) is 22.0 Å². The average molecular weight is 232 g/mol. The SMILES string of the molecule is N#CC(C#N)c1c(F)c(F)c(F)c(F)c1F. The Labute approximate surface area is 86.1 Å². The molecule has 0 N–H and O–H groups in total. The van der Waals surface area contributed by atoms with Crippen molar-refractivity contribution >= 4 is 0 Å². The van der Waals surface area contributed by atoms with Gasteiger partial charge in [0.1, 0.15) is 0 Å². The summed E-state index contributed by atoms with van der Waals surface area (Å²) < 4.78 is 63.9. The molecule has 82 valence electrons. The minimum absolute atomic E-state index is 1.13. The van der Waals surface area contributed by atoms with E-state index in [1.165, 1.54) is 0 Å². The molecule has 1 aromatic rings. The molecule has 0 radical (unpaired) electrons. The summed E-state index contributed by atoms with van der Waals surface area (Å²) in [5, 5.41) is 16.7. The summed E-state index contributed by atoms with van der Waals surface area (Å²) >= 11 is 0. The van der Waals surface area contributed by atoms with Gasteiger partial charge in [-0.15, -0.1) is 0 Å². The van der Waals surface area contributed by atoms with Crippen molar-refractivity contribution in [2.75, 3.05) is 0 Å². The molecular weight excluding hydrogens is 231 g/mol. The van der Waals surface area contributed by atoms with Crippen molar-refractivity contribution < 1.29 is 22.0 Å². The standard InChI is InChI=1S/C9HF5N2/c10-5-4(3(1-15)2-16)6(11)8(13)9(14)7(5)12/h3H. The van der Waals surface area contributed by atoms with Gasteiger partial charge in [0.15, 0.2) is 29.2 Å². The van der Waals surface area contributed by atoms with Gasteiger partial charge in [0.25, 0.3) is 0 Å². The van der Waals surface area contributed by atoms with Gasteiger partial charge in [-0.1, -0.05) is 0 Å². The van der Waals surface area contributed by atoms with E-state index in [0.717, 1.165) is 12.1 Å². The van der Waals surface area contributed by atoms with E-state index in [1.54, 1.807) is 0 Å². The molecule has 0 saturated carbocycles. The lowest BCUT2D eigenvalue weighted by atomic mass is 10.00. The lowest BCUT2D eigenvalue weighted by Gasteiger charge is -2.07. The summed E-state index contributed by atoms with van der Waals surface area (Å²) in [5.74, 6) is -13.1. The fourth-order valence-electron chi connectivity index (χ4n) is 1.03. The van der Waals surface area contributed by atoms with Crippen LogP contribution in [-0.4, -0.2) is 0 Å². The first-order valence-electron chi connectivity index (χ1n) is 3.76. The second kappa shape index (κ2) is 4.15. The number of nitrogens with zero attached hydrogens (tertiary/aromatic N) is 2. The van der Waals surface area contributed by atoms with E-state index in [0.29, 0.717) is 0 Å². The Morgan fingerprint density at radius 1 is 0.688 bits per heavy atom. The molecule has 0 aliphatic heterocycles. The van der Waals surface area contributed by atoms with E-state index >= 15 is 0 Å². The Balaban J connectivity index is 3.67. The van der Waals surface area contributed by atoms with Gasteiger partial charge in [0.2, 0.25) is 5.82 Å². The molecular formula is C9HF5N2. The van der Waals surface area contributed by atoms with Gasteiger partial charge in [-0.25, -0.2) is 22.0 Å². The van der Waals surface area contributed by atoms with Crippen LogP contribution in [0, 0.1) is 51.7 Å². The van der Waals surface area contributed by atoms with Gasteiger partial charge >= 0.3 is 0 Å². The monoisotopic (exact) mass is 232 g/mol. The number of rotatable bonds is 1. The predicted octanol–water partition coefficient (Wildman–Crippen LogP) is 2.51. The molecule has 0 aromatic heterocycles. The van der Waals surface area contributed by atoms with Gasteiger partial charge in [-0.2, -0.15) is 10.5 Å². The van der Waals surface area contributed by atoms with Crippen molar-refractivity contribution in [2.45, 2.75) is 5.92 Å². The zero-order chi connectivity index (χ0) is 12.5. The van der Waals surface area contributed by atoms with E-state index in [-0.39, 0.29) is 0 Å². The van der Waals surface area contributed by atoms with Crippen molar-refractivity contribution in [3.05, 3.63) is 34.6 Å². The van der Waals surface area contributed by atoms with Crippen molar-refractivity contribution in [3.63, 3.8) is 0 Å². The molecule has 7 heteroatoms. The highest BCUT2D eigenvalue weighted by atomic mass is 19.2. The number of nitriles is 2. The molecule has 0 fully saturated rings. The van der Waals surface area contributed by atoms with Gasteiger partial charge in [-0.3, -0.25) is 0 Å². The quantitative estimate of drug-likeness (QED) is 0.424. The summed E-state index contributed by atoms with van der Waals surface area (Å²) in [6.45, 7) is 0. The third-order valence-corrected chi connectivity index (χ3v) is 1.79. The fourth-order valence-corrected chi connectivity index (χ4v) is 1.03. The minimum atomic E-state index is -2.33. The summed E-state index contributed by atoms with van der Waals surface area (Å²) in [6, 6.07) is 2.25. The van der Waals surface area contributed by atoms with Crippen LogP contribution in [0.25, 0.3) is 0 Å². The maximum atomic E-state index is 13.0. The van der Waals surface area contributed by atoms with Crippen LogP contribution in [0.2, 0.25) is 0 Å². The van der Waals surface area contributed by atoms with Crippen LogP contribution in [0.4, 0.5) is 22.0 Å². The van der Waals surface area contributed by atoms with Crippen LogP contribution in [0.5, 0.6) is 0 Å². The molecule has 0 unspecified atom stereocenters. The molecule has 0 bridgehead atoms. The predicted molar refractivity (Wildman–Crippen MR) is 40.2 cm³/mol. The maximum Gasteiger partial charge on any atom is 0.200 e. The summed E-state index contributed by atoms with van der Waals surface area (Å²) in [4.78, 5) is 0. The molecule has 2 nitrogen and oxygen atoms in total. The molecule has 0 amide bonds. The third-order valence-electron chi connectivity index (χ3n) is 1.79. The zero-order valence-corrected chi connectivity index (χ0v) is 7.36. The van der Waals surface area contributed by atoms with Crippen LogP contribution in [0.1, 0.15) is 11.5 Å². The maximum absolute atomic E-state index is 13.0. The molecule has 0 spiro atoms. The average Bonchev–Trinajstić information content (AvgIpc) is 2.29. The molecule has 1 rings (SSSR count). The third kappa shape index (κ3) is 1.57. The van der Waals surface area contributed by atoms with Gasteiger partial charge in [0, 0.05) is 0 Å². The largest absolute Gasteiger partial charge is 0.203 e. The zero-order valence-electron chi connectivity index (χ0n) is 7.36. The van der Waals surface area contributed by atoms with Crippen LogP contribution < -0.4 is 0 Å². The fraction of sp³-hybridized carbons (Fsp3) is 0.111. The molecule has 0 saturated heterocycles. The van der Waals surface area contributed by atoms with Crippen LogP contribution in [0.15, 0.2) is 0 Å². The van der Waals surface area contributed by atoms with Crippen molar-refractivity contribution in [2.24, 2.45) is 0 Å². The van der Waals surface area contributed by atoms with Crippen molar-refractivity contribution in [1.82, 2.24) is 0 Å². The van der Waals surface area contributed by atoms with E-state index in [2.05, 4.69) is 0 Å². The van der Waals surface area contributed by atoms with Gasteiger partial charge in [0.05, 0.1) is 17.7 Å². The first-order valence-corrected chi connectivity index (χ1v) is 3.76. The summed E-state index contributed by atoms with van der Waals surface area (Å²) in [5.41, 5.74) is -1.43. The highest BCUT2D eigenvalue weighted by molar-refractivity contribution is 5.35. The second-order valence-electron chi connectivity index (χ2n) is 2.67. The normalized spacial score (nSPS) is 10.0. The Hall–Kier alpha value is -2.15. The topological polar surface area (TPSA) is 47.6 Å². The van der Waals surface area contributed by atoms with E-state index in [1.807, 2.05) is 0 Å². The second-order valence-corrected chi connectivity index (χ2v) is 2.67. The highest BCUT2D eigenvalue weighted by Crippen LogP contribution is 2.28. The molecule has 0 heterocycles.